The molecular weight excluding hydrogens is 221 g/mol. The summed E-state index contributed by atoms with van der Waals surface area (Å²) in [7, 11) is 0. The average molecular weight is 239 g/mol. The Morgan fingerprint density at radius 1 is 1.53 bits per heavy atom. The molecule has 94 valence electrons. The Bertz CT molecular complexity index is 381. The minimum Gasteiger partial charge on any atom is -0.481 e. The number of nitrogens with zero attached hydrogens (tertiary/aromatic N) is 1. The monoisotopic (exact) mass is 239 g/mol. The summed E-state index contributed by atoms with van der Waals surface area (Å²) >= 11 is 0. The quantitative estimate of drug-likeness (QED) is 0.829. The predicted molar refractivity (Wildman–Crippen MR) is 65.7 cm³/mol. The number of carbonyl (C=O) groups is 1. The van der Waals surface area contributed by atoms with Crippen LogP contribution in [0.5, 0.6) is 0 Å². The molecule has 3 nitrogen and oxygen atoms in total. The van der Waals surface area contributed by atoms with Crippen LogP contribution in [0.1, 0.15) is 20.3 Å². The van der Waals surface area contributed by atoms with E-state index in [9.17, 15) is 9.18 Å². The number of hydrogen-bond donors (Lipinski definition) is 1. The van der Waals surface area contributed by atoms with Crippen LogP contribution in [-0.4, -0.2) is 24.2 Å². The average Bonchev–Trinajstić information content (AvgIpc) is 2.28. The van der Waals surface area contributed by atoms with Crippen molar-refractivity contribution in [1.82, 2.24) is 0 Å². The molecule has 4 heteroatoms. The number of rotatable bonds is 6. The third-order valence-electron chi connectivity index (χ3n) is 2.58. The van der Waals surface area contributed by atoms with Crippen molar-refractivity contribution in [3.05, 3.63) is 30.1 Å². The summed E-state index contributed by atoms with van der Waals surface area (Å²) in [5.74, 6) is -1.60. The number of halogens is 1. The molecule has 1 unspecified atom stereocenters. The van der Waals surface area contributed by atoms with Gasteiger partial charge in [-0.3, -0.25) is 4.79 Å². The normalized spacial score (nSPS) is 12.2. The molecule has 0 bridgehead atoms. The van der Waals surface area contributed by atoms with Crippen molar-refractivity contribution in [2.75, 3.05) is 18.0 Å². The summed E-state index contributed by atoms with van der Waals surface area (Å²) < 4.78 is 13.1. The fraction of sp³-hybridized carbons (Fsp3) is 0.462. The van der Waals surface area contributed by atoms with E-state index in [0.29, 0.717) is 6.54 Å². The summed E-state index contributed by atoms with van der Waals surface area (Å²) in [4.78, 5) is 12.7. The molecule has 1 atom stereocenters. The number of carboxylic acids is 1. The Morgan fingerprint density at radius 3 is 2.76 bits per heavy atom. The van der Waals surface area contributed by atoms with Gasteiger partial charge < -0.3 is 10.0 Å². The predicted octanol–water partition coefficient (Wildman–Crippen LogP) is 2.76. The van der Waals surface area contributed by atoms with E-state index in [1.807, 2.05) is 11.8 Å². The minimum atomic E-state index is -0.831. The molecule has 0 saturated carbocycles. The molecule has 0 aromatic heterocycles. The van der Waals surface area contributed by atoms with E-state index < -0.39 is 11.9 Å². The van der Waals surface area contributed by atoms with Gasteiger partial charge in [0.2, 0.25) is 0 Å². The van der Waals surface area contributed by atoms with Gasteiger partial charge in [-0.05, 0) is 24.6 Å². The van der Waals surface area contributed by atoms with Gasteiger partial charge in [0, 0.05) is 18.8 Å². The van der Waals surface area contributed by atoms with E-state index in [1.54, 1.807) is 19.1 Å². The van der Waals surface area contributed by atoms with Crippen LogP contribution in [0.3, 0.4) is 0 Å². The van der Waals surface area contributed by atoms with Gasteiger partial charge in [0.25, 0.3) is 0 Å². The van der Waals surface area contributed by atoms with Crippen LogP contribution in [0, 0.1) is 11.7 Å². The second-order valence-corrected chi connectivity index (χ2v) is 4.17. The molecule has 17 heavy (non-hydrogen) atoms. The van der Waals surface area contributed by atoms with Crippen LogP contribution in [-0.2, 0) is 4.79 Å². The van der Waals surface area contributed by atoms with Crippen LogP contribution in [0.2, 0.25) is 0 Å². The highest BCUT2D eigenvalue weighted by Gasteiger charge is 2.16. The van der Waals surface area contributed by atoms with Gasteiger partial charge in [-0.25, -0.2) is 4.39 Å². The maximum absolute atomic E-state index is 13.1. The zero-order valence-corrected chi connectivity index (χ0v) is 10.2. The Labute approximate surface area is 101 Å². The van der Waals surface area contributed by atoms with Crippen molar-refractivity contribution in [3.8, 4) is 0 Å². The third kappa shape index (κ3) is 4.06. The zero-order valence-electron chi connectivity index (χ0n) is 10.2. The van der Waals surface area contributed by atoms with Gasteiger partial charge in [-0.1, -0.05) is 19.9 Å². The molecule has 1 N–H and O–H groups in total. The number of carboxylic acid groups (broad SMARTS) is 1. The molecule has 1 aromatic carbocycles. The lowest BCUT2D eigenvalue weighted by atomic mass is 10.1. The zero-order chi connectivity index (χ0) is 12.8. The molecule has 0 aliphatic rings. The third-order valence-corrected chi connectivity index (χ3v) is 2.58. The molecular formula is C13H18FNO2. The molecule has 1 aromatic rings. The maximum atomic E-state index is 13.1. The Morgan fingerprint density at radius 2 is 2.24 bits per heavy atom. The number of anilines is 1. The number of aliphatic carboxylic acids is 1. The summed E-state index contributed by atoms with van der Waals surface area (Å²) in [5.41, 5.74) is 0.736. The summed E-state index contributed by atoms with van der Waals surface area (Å²) in [6.45, 7) is 4.79. The summed E-state index contributed by atoms with van der Waals surface area (Å²) in [6, 6.07) is 6.25. The van der Waals surface area contributed by atoms with Crippen molar-refractivity contribution >= 4 is 11.7 Å². The molecule has 0 fully saturated rings. The van der Waals surface area contributed by atoms with Crippen LogP contribution in [0.4, 0.5) is 10.1 Å². The van der Waals surface area contributed by atoms with Crippen LogP contribution in [0.15, 0.2) is 24.3 Å². The van der Waals surface area contributed by atoms with Gasteiger partial charge in [-0.2, -0.15) is 0 Å². The second-order valence-electron chi connectivity index (χ2n) is 4.17. The fourth-order valence-electron chi connectivity index (χ4n) is 1.68. The number of benzene rings is 1. The first-order chi connectivity index (χ1) is 8.04. The highest BCUT2D eigenvalue weighted by molar-refractivity contribution is 5.70. The van der Waals surface area contributed by atoms with Crippen molar-refractivity contribution in [2.45, 2.75) is 20.3 Å². The molecule has 0 aliphatic carbocycles. The molecule has 0 radical (unpaired) electrons. The van der Waals surface area contributed by atoms with Crippen molar-refractivity contribution in [3.63, 3.8) is 0 Å². The Kier molecular flexibility index (Phi) is 4.94. The van der Waals surface area contributed by atoms with E-state index >= 15 is 0 Å². The molecule has 0 heterocycles. The van der Waals surface area contributed by atoms with Crippen LogP contribution in [0.25, 0.3) is 0 Å². The van der Waals surface area contributed by atoms with Crippen LogP contribution < -0.4 is 4.90 Å². The second kappa shape index (κ2) is 6.23. The number of hydrogen-bond acceptors (Lipinski definition) is 2. The van der Waals surface area contributed by atoms with Crippen molar-refractivity contribution < 1.29 is 14.3 Å². The van der Waals surface area contributed by atoms with Gasteiger partial charge in [-0.15, -0.1) is 0 Å². The lowest BCUT2D eigenvalue weighted by molar-refractivity contribution is -0.140. The van der Waals surface area contributed by atoms with Gasteiger partial charge in [0.05, 0.1) is 5.92 Å². The molecule has 0 spiro atoms. The molecule has 0 aliphatic heterocycles. The molecule has 1 rings (SSSR count). The summed E-state index contributed by atoms with van der Waals surface area (Å²) in [6.07, 6.45) is 0.892. The molecule has 0 saturated heterocycles. The maximum Gasteiger partial charge on any atom is 0.308 e. The lowest BCUT2D eigenvalue weighted by Gasteiger charge is -2.26. The highest BCUT2D eigenvalue weighted by atomic mass is 19.1. The lowest BCUT2D eigenvalue weighted by Crippen LogP contribution is -2.32. The highest BCUT2D eigenvalue weighted by Crippen LogP contribution is 2.17. The van der Waals surface area contributed by atoms with Crippen molar-refractivity contribution in [1.29, 1.82) is 0 Å². The SMILES string of the molecule is CCCN(CC(C)C(=O)O)c1cccc(F)c1. The first-order valence-corrected chi connectivity index (χ1v) is 5.78. The van der Waals surface area contributed by atoms with Gasteiger partial charge in [0.1, 0.15) is 5.82 Å². The fourth-order valence-corrected chi connectivity index (χ4v) is 1.68. The van der Waals surface area contributed by atoms with Crippen LogP contribution >= 0.6 is 0 Å². The van der Waals surface area contributed by atoms with E-state index in [1.165, 1.54) is 12.1 Å². The first kappa shape index (κ1) is 13.5. The topological polar surface area (TPSA) is 40.5 Å². The van der Waals surface area contributed by atoms with E-state index in [-0.39, 0.29) is 5.82 Å². The standard InChI is InChI=1S/C13H18FNO2/c1-3-7-15(9-10(2)13(16)17)12-6-4-5-11(14)8-12/h4-6,8,10H,3,7,9H2,1-2H3,(H,16,17). The summed E-state index contributed by atoms with van der Waals surface area (Å²) in [5, 5.41) is 8.90. The van der Waals surface area contributed by atoms with Gasteiger partial charge >= 0.3 is 5.97 Å². The van der Waals surface area contributed by atoms with Gasteiger partial charge in [0.15, 0.2) is 0 Å². The minimum absolute atomic E-state index is 0.299. The van der Waals surface area contributed by atoms with E-state index in [0.717, 1.165) is 18.7 Å². The smallest absolute Gasteiger partial charge is 0.308 e. The largest absolute Gasteiger partial charge is 0.481 e. The first-order valence-electron chi connectivity index (χ1n) is 5.78. The van der Waals surface area contributed by atoms with E-state index in [2.05, 4.69) is 0 Å². The Hall–Kier alpha value is -1.58. The Balaban J connectivity index is 2.81. The van der Waals surface area contributed by atoms with E-state index in [4.69, 9.17) is 5.11 Å². The molecule has 0 amide bonds. The van der Waals surface area contributed by atoms with Crippen molar-refractivity contribution in [2.24, 2.45) is 5.92 Å².